The maximum atomic E-state index is 12.5. The number of hydrogen-bond acceptors (Lipinski definition) is 8. The molecule has 1 amide bonds. The number of benzene rings is 1. The molecule has 1 fully saturated rings. The van der Waals surface area contributed by atoms with Crippen molar-refractivity contribution in [2.75, 3.05) is 18.1 Å². The molecule has 0 spiro atoms. The number of aliphatic hydroxyl groups is 2. The molecule has 0 aliphatic carbocycles. The fraction of sp³-hybridized carbons (Fsp3) is 0.619. The quantitative estimate of drug-likeness (QED) is 0.254. The van der Waals surface area contributed by atoms with Gasteiger partial charge in [0.05, 0.1) is 6.10 Å². The number of carboxylic acid groups (broad SMARTS) is 1. The first-order valence-corrected chi connectivity index (χ1v) is 12.0. The zero-order valence-electron chi connectivity index (χ0n) is 17.9. The summed E-state index contributed by atoms with van der Waals surface area (Å²) >= 11 is -1.70. The molecule has 0 bridgehead atoms. The average Bonchev–Trinajstić information content (AvgIpc) is 2.76. The number of carboxylic acids is 1. The normalized spacial score (nSPS) is 25.0. The highest BCUT2D eigenvalue weighted by atomic mass is 32.2. The van der Waals surface area contributed by atoms with Crippen LogP contribution in [0.5, 0.6) is 0 Å². The van der Waals surface area contributed by atoms with E-state index < -0.39 is 53.9 Å². The molecule has 10 nitrogen and oxygen atoms in total. The largest absolute Gasteiger partial charge is 0.616 e. The van der Waals surface area contributed by atoms with E-state index in [1.54, 1.807) is 24.3 Å². The number of ether oxygens (including phenoxy) is 3. The first-order valence-electron chi connectivity index (χ1n) is 10.5. The first kappa shape index (κ1) is 26.4. The molecule has 0 saturated carbocycles. The lowest BCUT2D eigenvalue weighted by molar-refractivity contribution is -0.262. The van der Waals surface area contributed by atoms with Crippen LogP contribution in [0.1, 0.15) is 31.7 Å². The zero-order chi connectivity index (χ0) is 23.5. The van der Waals surface area contributed by atoms with Crippen LogP contribution in [0.15, 0.2) is 30.3 Å². The van der Waals surface area contributed by atoms with Crippen LogP contribution in [0.3, 0.4) is 0 Å². The number of rotatable bonds is 12. The molecule has 1 aliphatic rings. The van der Waals surface area contributed by atoms with Crippen LogP contribution in [0.4, 0.5) is 4.79 Å². The zero-order valence-corrected chi connectivity index (χ0v) is 18.7. The Morgan fingerprint density at radius 1 is 1.31 bits per heavy atom. The smallest absolute Gasteiger partial charge is 0.408 e. The van der Waals surface area contributed by atoms with Crippen LogP contribution >= 0.6 is 0 Å². The van der Waals surface area contributed by atoms with Crippen molar-refractivity contribution in [1.82, 2.24) is 5.32 Å². The summed E-state index contributed by atoms with van der Waals surface area (Å²) in [5, 5.41) is 31.7. The van der Waals surface area contributed by atoms with E-state index in [1.807, 2.05) is 13.0 Å². The van der Waals surface area contributed by atoms with Gasteiger partial charge in [0.1, 0.15) is 30.3 Å². The Kier molecular flexibility index (Phi) is 11.2. The van der Waals surface area contributed by atoms with Gasteiger partial charge in [-0.2, -0.15) is 0 Å². The van der Waals surface area contributed by atoms with Gasteiger partial charge in [-0.3, -0.25) is 0 Å². The highest BCUT2D eigenvalue weighted by Gasteiger charge is 2.39. The Labute approximate surface area is 190 Å². The van der Waals surface area contributed by atoms with E-state index in [0.717, 1.165) is 18.4 Å². The number of carbonyl (C=O) groups is 2. The van der Waals surface area contributed by atoms with E-state index in [1.165, 1.54) is 0 Å². The van der Waals surface area contributed by atoms with Crippen molar-refractivity contribution in [3.05, 3.63) is 35.9 Å². The number of hydrogen-bond donors (Lipinski definition) is 4. The lowest BCUT2D eigenvalue weighted by Gasteiger charge is -2.36. The van der Waals surface area contributed by atoms with Crippen LogP contribution < -0.4 is 5.32 Å². The molecule has 1 saturated heterocycles. The fourth-order valence-electron chi connectivity index (χ4n) is 3.05. The third kappa shape index (κ3) is 8.93. The first-order chi connectivity index (χ1) is 15.3. The van der Waals surface area contributed by atoms with Gasteiger partial charge in [0, 0.05) is 13.0 Å². The van der Waals surface area contributed by atoms with E-state index in [4.69, 9.17) is 14.2 Å². The fourth-order valence-corrected chi connectivity index (χ4v) is 4.41. The van der Waals surface area contributed by atoms with E-state index in [-0.39, 0.29) is 24.5 Å². The van der Waals surface area contributed by atoms with Crippen LogP contribution in [-0.2, 0) is 36.8 Å². The molecule has 0 radical (unpaired) electrons. The molecule has 1 heterocycles. The van der Waals surface area contributed by atoms with Crippen molar-refractivity contribution < 1.29 is 43.7 Å². The van der Waals surface area contributed by atoms with E-state index in [9.17, 15) is 29.5 Å². The molecule has 6 atom stereocenters. The molecular weight excluding hydrogens is 442 g/mol. The second-order valence-electron chi connectivity index (χ2n) is 7.51. The lowest BCUT2D eigenvalue weighted by atomic mass is 10.0. The second kappa shape index (κ2) is 13.6. The third-order valence-electron chi connectivity index (χ3n) is 4.81. The Morgan fingerprint density at radius 3 is 2.69 bits per heavy atom. The number of nitrogens with one attached hydrogen (secondary N) is 1. The SMILES string of the molecule is CCCCOC1OC(C[S+]([O-])CC(NC(=O)OCc2ccccc2)C(=O)O)CC(O)C1O. The topological polar surface area (TPSA) is 158 Å². The Balaban J connectivity index is 1.82. The molecule has 0 aromatic heterocycles. The third-order valence-corrected chi connectivity index (χ3v) is 6.26. The molecule has 4 N–H and O–H groups in total. The van der Waals surface area contributed by atoms with Gasteiger partial charge in [-0.25, -0.2) is 9.59 Å². The van der Waals surface area contributed by atoms with Gasteiger partial charge in [-0.1, -0.05) is 43.7 Å². The molecule has 6 unspecified atom stereocenters. The second-order valence-corrected chi connectivity index (χ2v) is 9.06. The molecule has 11 heteroatoms. The monoisotopic (exact) mass is 473 g/mol. The van der Waals surface area contributed by atoms with Crippen LogP contribution in [0.2, 0.25) is 0 Å². The lowest BCUT2D eigenvalue weighted by Crippen LogP contribution is -2.52. The van der Waals surface area contributed by atoms with Gasteiger partial charge in [-0.05, 0) is 23.2 Å². The van der Waals surface area contributed by atoms with Gasteiger partial charge >= 0.3 is 12.1 Å². The van der Waals surface area contributed by atoms with E-state index in [0.29, 0.717) is 6.61 Å². The van der Waals surface area contributed by atoms with Crippen molar-refractivity contribution in [2.45, 2.75) is 63.4 Å². The summed E-state index contributed by atoms with van der Waals surface area (Å²) in [6, 6.07) is 7.46. The minimum atomic E-state index is -1.70. The summed E-state index contributed by atoms with van der Waals surface area (Å²) in [7, 11) is 0. The van der Waals surface area contributed by atoms with Crippen LogP contribution in [0.25, 0.3) is 0 Å². The summed E-state index contributed by atoms with van der Waals surface area (Å²) in [4.78, 5) is 23.5. The number of alkyl carbamates (subject to hydrolysis) is 1. The molecule has 180 valence electrons. The van der Waals surface area contributed by atoms with Crippen molar-refractivity contribution in [3.63, 3.8) is 0 Å². The van der Waals surface area contributed by atoms with E-state index in [2.05, 4.69) is 5.32 Å². The Morgan fingerprint density at radius 2 is 2.03 bits per heavy atom. The molecular formula is C21H31NO9S. The summed E-state index contributed by atoms with van der Waals surface area (Å²) < 4.78 is 28.6. The molecule has 2 rings (SSSR count). The predicted molar refractivity (Wildman–Crippen MR) is 115 cm³/mol. The average molecular weight is 474 g/mol. The van der Waals surface area contributed by atoms with E-state index >= 15 is 0 Å². The minimum Gasteiger partial charge on any atom is -0.616 e. The van der Waals surface area contributed by atoms with Gasteiger partial charge in [0.2, 0.25) is 0 Å². The van der Waals surface area contributed by atoms with Crippen LogP contribution in [-0.4, -0.2) is 80.7 Å². The maximum Gasteiger partial charge on any atom is 0.408 e. The van der Waals surface area contributed by atoms with Crippen molar-refractivity contribution in [3.8, 4) is 0 Å². The molecule has 1 aromatic rings. The number of aliphatic hydroxyl groups excluding tert-OH is 2. The number of aliphatic carboxylic acids is 1. The predicted octanol–water partition coefficient (Wildman–Crippen LogP) is 0.768. The van der Waals surface area contributed by atoms with Gasteiger partial charge in [0.25, 0.3) is 0 Å². The number of amides is 1. The summed E-state index contributed by atoms with van der Waals surface area (Å²) in [5.41, 5.74) is 0.740. The van der Waals surface area contributed by atoms with Crippen molar-refractivity contribution in [2.24, 2.45) is 0 Å². The number of carbonyl (C=O) groups excluding carboxylic acids is 1. The van der Waals surface area contributed by atoms with Gasteiger partial charge in [0.15, 0.2) is 12.3 Å². The summed E-state index contributed by atoms with van der Waals surface area (Å²) in [5.74, 6) is -1.80. The van der Waals surface area contributed by atoms with Crippen molar-refractivity contribution >= 4 is 23.2 Å². The highest BCUT2D eigenvalue weighted by molar-refractivity contribution is 7.91. The van der Waals surface area contributed by atoms with Crippen molar-refractivity contribution in [1.29, 1.82) is 0 Å². The molecule has 1 aliphatic heterocycles. The minimum absolute atomic E-state index is 0.0301. The Bertz CT molecular complexity index is 708. The molecule has 32 heavy (non-hydrogen) atoms. The van der Waals surface area contributed by atoms with Gasteiger partial charge in [-0.15, -0.1) is 0 Å². The highest BCUT2D eigenvalue weighted by Crippen LogP contribution is 2.23. The summed E-state index contributed by atoms with van der Waals surface area (Å²) in [6.07, 6.45) is -3.33. The summed E-state index contributed by atoms with van der Waals surface area (Å²) in [6.45, 7) is 2.29. The van der Waals surface area contributed by atoms with Gasteiger partial charge < -0.3 is 39.4 Å². The maximum absolute atomic E-state index is 12.5. The molecule has 1 aromatic carbocycles. The number of unbranched alkanes of at least 4 members (excludes halogenated alkanes) is 1. The van der Waals surface area contributed by atoms with Crippen LogP contribution in [0, 0.1) is 0 Å². The standard InChI is InChI=1S/C21H31NO9S/c1-2-3-9-29-20-18(24)17(23)10-15(31-20)12-32(28)13-16(19(25)26)22-21(27)30-11-14-7-5-4-6-8-14/h4-8,15-18,20,23-24H,2-3,9-13H2,1H3,(H,22,27)(H,25,26). The Hall–Kier alpha value is -1.89.